The van der Waals surface area contributed by atoms with Crippen molar-refractivity contribution in [3.05, 3.63) is 59.2 Å². The van der Waals surface area contributed by atoms with E-state index in [1.165, 1.54) is 11.1 Å². The van der Waals surface area contributed by atoms with Crippen LogP contribution in [0.25, 0.3) is 0 Å². The van der Waals surface area contributed by atoms with Crippen molar-refractivity contribution >= 4 is 0 Å². The fourth-order valence-corrected chi connectivity index (χ4v) is 2.41. The predicted octanol–water partition coefficient (Wildman–Crippen LogP) is 3.32. The smallest absolute Gasteiger partial charge is 0.122 e. The Morgan fingerprint density at radius 2 is 1.55 bits per heavy atom. The highest BCUT2D eigenvalue weighted by atomic mass is 16.5. The van der Waals surface area contributed by atoms with Crippen molar-refractivity contribution in [1.82, 2.24) is 5.32 Å². The molecule has 2 aromatic rings. The van der Waals surface area contributed by atoms with E-state index in [2.05, 4.69) is 36.5 Å². The summed E-state index contributed by atoms with van der Waals surface area (Å²) in [4.78, 5) is 0. The van der Waals surface area contributed by atoms with Crippen LogP contribution in [0.3, 0.4) is 0 Å². The molecular formula is C17H21NO2. The lowest BCUT2D eigenvalue weighted by atomic mass is 9.95. The maximum absolute atomic E-state index is 5.35. The van der Waals surface area contributed by atoms with Crippen LogP contribution in [-0.2, 0) is 0 Å². The first kappa shape index (κ1) is 14.4. The number of ether oxygens (including phenoxy) is 2. The van der Waals surface area contributed by atoms with Crippen molar-refractivity contribution in [3.8, 4) is 11.5 Å². The lowest BCUT2D eigenvalue weighted by molar-refractivity contribution is 0.392. The molecule has 0 radical (unpaired) electrons. The van der Waals surface area contributed by atoms with Gasteiger partial charge in [-0.25, -0.2) is 0 Å². The van der Waals surface area contributed by atoms with Gasteiger partial charge in [-0.05, 0) is 42.8 Å². The summed E-state index contributed by atoms with van der Waals surface area (Å²) in [5, 5.41) is 3.37. The van der Waals surface area contributed by atoms with Crippen LogP contribution in [0.5, 0.6) is 11.5 Å². The van der Waals surface area contributed by atoms with Gasteiger partial charge in [-0.3, -0.25) is 0 Å². The first-order valence-electron chi connectivity index (χ1n) is 6.65. The molecular weight excluding hydrogens is 250 g/mol. The highest BCUT2D eigenvalue weighted by Gasteiger charge is 2.15. The molecule has 0 saturated carbocycles. The molecule has 0 aliphatic carbocycles. The minimum Gasteiger partial charge on any atom is -0.497 e. The number of methoxy groups -OCH3 is 2. The monoisotopic (exact) mass is 271 g/mol. The second-order valence-corrected chi connectivity index (χ2v) is 4.72. The molecule has 106 valence electrons. The molecule has 0 aliphatic rings. The Kier molecular flexibility index (Phi) is 4.64. The van der Waals surface area contributed by atoms with Gasteiger partial charge in [-0.15, -0.1) is 0 Å². The van der Waals surface area contributed by atoms with Crippen LogP contribution in [-0.4, -0.2) is 21.3 Å². The zero-order valence-electron chi connectivity index (χ0n) is 12.4. The highest BCUT2D eigenvalue weighted by Crippen LogP contribution is 2.30. The molecule has 0 aromatic heterocycles. The van der Waals surface area contributed by atoms with Crippen molar-refractivity contribution in [2.75, 3.05) is 21.3 Å². The van der Waals surface area contributed by atoms with Gasteiger partial charge in [0.2, 0.25) is 0 Å². The number of nitrogens with one attached hydrogen (secondary N) is 1. The zero-order chi connectivity index (χ0) is 14.5. The fraction of sp³-hybridized carbons (Fsp3) is 0.294. The molecule has 3 nitrogen and oxygen atoms in total. The van der Waals surface area contributed by atoms with E-state index < -0.39 is 0 Å². The van der Waals surface area contributed by atoms with Gasteiger partial charge in [-0.1, -0.05) is 24.3 Å². The number of hydrogen-bond acceptors (Lipinski definition) is 3. The van der Waals surface area contributed by atoms with Crippen molar-refractivity contribution < 1.29 is 9.47 Å². The van der Waals surface area contributed by atoms with Crippen molar-refractivity contribution in [3.63, 3.8) is 0 Å². The highest BCUT2D eigenvalue weighted by molar-refractivity contribution is 5.44. The van der Waals surface area contributed by atoms with E-state index in [1.807, 2.05) is 25.2 Å². The van der Waals surface area contributed by atoms with Crippen molar-refractivity contribution in [1.29, 1.82) is 0 Å². The average Bonchev–Trinajstić information content (AvgIpc) is 2.49. The van der Waals surface area contributed by atoms with Gasteiger partial charge in [0.15, 0.2) is 0 Å². The second kappa shape index (κ2) is 6.44. The van der Waals surface area contributed by atoms with Crippen LogP contribution in [0.2, 0.25) is 0 Å². The Bertz CT molecular complexity index is 559. The summed E-state index contributed by atoms with van der Waals surface area (Å²) in [6.45, 7) is 2.12. The first-order valence-corrected chi connectivity index (χ1v) is 6.65. The van der Waals surface area contributed by atoms with Gasteiger partial charge < -0.3 is 14.8 Å². The van der Waals surface area contributed by atoms with E-state index in [0.717, 1.165) is 17.1 Å². The summed E-state index contributed by atoms with van der Waals surface area (Å²) >= 11 is 0. The minimum absolute atomic E-state index is 0.111. The molecule has 0 fully saturated rings. The molecule has 1 unspecified atom stereocenters. The Labute approximate surface area is 120 Å². The minimum atomic E-state index is 0.111. The summed E-state index contributed by atoms with van der Waals surface area (Å²) in [5.41, 5.74) is 3.64. The molecule has 3 heteroatoms. The fourth-order valence-electron chi connectivity index (χ4n) is 2.41. The van der Waals surface area contributed by atoms with Crippen LogP contribution in [0.4, 0.5) is 0 Å². The molecule has 0 spiro atoms. The molecule has 2 rings (SSSR count). The molecule has 0 amide bonds. The van der Waals surface area contributed by atoms with Gasteiger partial charge in [-0.2, -0.15) is 0 Å². The number of benzene rings is 2. The standard InChI is InChI=1S/C17H21NO2/c1-12-7-5-6-8-16(12)17(18-2)13-9-14(19-3)11-15(10-13)20-4/h5-11,17-18H,1-4H3. The van der Waals surface area contributed by atoms with Gasteiger partial charge in [0.25, 0.3) is 0 Å². The van der Waals surface area contributed by atoms with Crippen LogP contribution in [0.1, 0.15) is 22.7 Å². The van der Waals surface area contributed by atoms with Crippen LogP contribution in [0, 0.1) is 6.92 Å². The summed E-state index contributed by atoms with van der Waals surface area (Å²) in [7, 11) is 5.30. The summed E-state index contributed by atoms with van der Waals surface area (Å²) < 4.78 is 10.7. The number of hydrogen-bond donors (Lipinski definition) is 1. The Balaban J connectivity index is 2.49. The maximum atomic E-state index is 5.35. The van der Waals surface area contributed by atoms with Gasteiger partial charge in [0, 0.05) is 6.07 Å². The Morgan fingerprint density at radius 1 is 0.950 bits per heavy atom. The second-order valence-electron chi connectivity index (χ2n) is 4.72. The third-order valence-electron chi connectivity index (χ3n) is 3.50. The third-order valence-corrected chi connectivity index (χ3v) is 3.50. The van der Waals surface area contributed by atoms with Gasteiger partial charge in [0.05, 0.1) is 20.3 Å². The molecule has 0 heterocycles. The first-order chi connectivity index (χ1) is 9.69. The predicted molar refractivity (Wildman–Crippen MR) is 81.6 cm³/mol. The van der Waals surface area contributed by atoms with Crippen LogP contribution < -0.4 is 14.8 Å². The Morgan fingerprint density at radius 3 is 2.05 bits per heavy atom. The molecule has 1 atom stereocenters. The normalized spacial score (nSPS) is 12.0. The lowest BCUT2D eigenvalue weighted by Crippen LogP contribution is -2.18. The third kappa shape index (κ3) is 2.94. The van der Waals surface area contributed by atoms with Crippen molar-refractivity contribution in [2.24, 2.45) is 0 Å². The summed E-state index contributed by atoms with van der Waals surface area (Å²) in [6, 6.07) is 14.4. The summed E-state index contributed by atoms with van der Waals surface area (Å²) in [6.07, 6.45) is 0. The quantitative estimate of drug-likeness (QED) is 0.905. The van der Waals surface area contributed by atoms with Crippen molar-refractivity contribution in [2.45, 2.75) is 13.0 Å². The molecule has 0 bridgehead atoms. The average molecular weight is 271 g/mol. The van der Waals surface area contributed by atoms with Gasteiger partial charge >= 0.3 is 0 Å². The van der Waals surface area contributed by atoms with E-state index in [1.54, 1.807) is 14.2 Å². The van der Waals surface area contributed by atoms with Gasteiger partial charge in [0.1, 0.15) is 11.5 Å². The zero-order valence-corrected chi connectivity index (χ0v) is 12.4. The lowest BCUT2D eigenvalue weighted by Gasteiger charge is -2.20. The van der Waals surface area contributed by atoms with E-state index in [-0.39, 0.29) is 6.04 Å². The summed E-state index contributed by atoms with van der Waals surface area (Å²) in [5.74, 6) is 1.60. The molecule has 0 saturated heterocycles. The number of aryl methyl sites for hydroxylation is 1. The molecule has 2 aromatic carbocycles. The largest absolute Gasteiger partial charge is 0.497 e. The van der Waals surface area contributed by atoms with E-state index in [4.69, 9.17) is 9.47 Å². The topological polar surface area (TPSA) is 30.5 Å². The molecule has 20 heavy (non-hydrogen) atoms. The Hall–Kier alpha value is -2.00. The van der Waals surface area contributed by atoms with E-state index in [0.29, 0.717) is 0 Å². The SMILES string of the molecule is CNC(c1cc(OC)cc(OC)c1)c1ccccc1C. The van der Waals surface area contributed by atoms with E-state index in [9.17, 15) is 0 Å². The molecule has 1 N–H and O–H groups in total. The number of rotatable bonds is 5. The maximum Gasteiger partial charge on any atom is 0.122 e. The van der Waals surface area contributed by atoms with Crippen LogP contribution in [0.15, 0.2) is 42.5 Å². The van der Waals surface area contributed by atoms with Crippen LogP contribution >= 0.6 is 0 Å². The molecule has 0 aliphatic heterocycles. The van der Waals surface area contributed by atoms with E-state index >= 15 is 0 Å².